The van der Waals surface area contributed by atoms with Crippen LogP contribution in [-0.2, 0) is 11.8 Å². The number of rotatable bonds is 8. The minimum atomic E-state index is -0.225. The Morgan fingerprint density at radius 2 is 1.82 bits per heavy atom. The van der Waals surface area contributed by atoms with E-state index < -0.39 is 0 Å². The predicted octanol–water partition coefficient (Wildman–Crippen LogP) is 5.23. The molecule has 0 atom stereocenters. The number of fused-ring (bicyclic) bond motifs is 1. The van der Waals surface area contributed by atoms with Gasteiger partial charge < -0.3 is 30.2 Å². The zero-order chi connectivity index (χ0) is 29.7. The maximum atomic E-state index is 11.5. The van der Waals surface area contributed by atoms with Gasteiger partial charge in [-0.25, -0.2) is 9.97 Å². The summed E-state index contributed by atoms with van der Waals surface area (Å²) in [6.07, 6.45) is 6.75. The van der Waals surface area contributed by atoms with Crippen LogP contribution < -0.4 is 20.7 Å². The second-order valence-corrected chi connectivity index (χ2v) is 9.18. The molecule has 9 heteroatoms. The molecule has 212 valence electrons. The molecule has 0 aliphatic heterocycles. The van der Waals surface area contributed by atoms with Crippen LogP contribution in [0.4, 0.5) is 17.3 Å². The molecule has 0 spiro atoms. The molecule has 0 saturated heterocycles. The number of aromatic nitrogens is 3. The quantitative estimate of drug-likeness (QED) is 0.232. The van der Waals surface area contributed by atoms with Crippen LogP contribution in [0.5, 0.6) is 5.75 Å². The van der Waals surface area contributed by atoms with Gasteiger partial charge in [0.2, 0.25) is 11.9 Å². The largest absolute Gasteiger partial charge is 0.497 e. The number of carbonyl (C=O) groups is 1. The molecule has 0 aliphatic carbocycles. The fourth-order valence-corrected chi connectivity index (χ4v) is 3.78. The Labute approximate surface area is 237 Å². The van der Waals surface area contributed by atoms with Gasteiger partial charge in [-0.2, -0.15) is 0 Å². The summed E-state index contributed by atoms with van der Waals surface area (Å²) < 4.78 is 7.33. The Hall–Kier alpha value is -4.63. The zero-order valence-electron chi connectivity index (χ0n) is 24.4. The monoisotopic (exact) mass is 543 g/mol. The van der Waals surface area contributed by atoms with Crippen LogP contribution in [0.3, 0.4) is 0 Å². The van der Waals surface area contributed by atoms with Gasteiger partial charge in [0.05, 0.1) is 24.2 Å². The molecular weight excluding hydrogens is 502 g/mol. The average Bonchev–Trinajstić information content (AvgIpc) is 3.29. The van der Waals surface area contributed by atoms with Gasteiger partial charge in [0.15, 0.2) is 0 Å². The van der Waals surface area contributed by atoms with E-state index in [4.69, 9.17) is 10.5 Å². The van der Waals surface area contributed by atoms with Gasteiger partial charge in [-0.3, -0.25) is 4.79 Å². The first-order chi connectivity index (χ1) is 19.1. The summed E-state index contributed by atoms with van der Waals surface area (Å²) in [6, 6.07) is 15.7. The number of nitrogens with two attached hydrogens (primary N) is 1. The van der Waals surface area contributed by atoms with Crippen molar-refractivity contribution in [3.05, 3.63) is 86.2 Å². The highest BCUT2D eigenvalue weighted by Crippen LogP contribution is 2.30. The van der Waals surface area contributed by atoms with Crippen molar-refractivity contribution in [3.8, 4) is 17.0 Å². The number of nitrogen functional groups attached to an aromatic ring is 1. The SMILES string of the molecule is C=CC.C=CC(=O)Nc1ccc(OC)cc1N(C)CCN(C)C.Cn1cc(-c2ccnc(N)n2)c2ccccc21. The van der Waals surface area contributed by atoms with Crippen molar-refractivity contribution in [2.75, 3.05) is 57.3 Å². The van der Waals surface area contributed by atoms with E-state index in [1.807, 2.05) is 71.5 Å². The van der Waals surface area contributed by atoms with Crippen molar-refractivity contribution in [1.82, 2.24) is 19.4 Å². The molecule has 0 radical (unpaired) electrons. The number of ether oxygens (including phenoxy) is 1. The molecule has 0 saturated carbocycles. The first-order valence-electron chi connectivity index (χ1n) is 12.8. The van der Waals surface area contributed by atoms with E-state index in [-0.39, 0.29) is 5.91 Å². The number of likely N-dealkylation sites (N-methyl/N-ethyl adjacent to an activating group) is 2. The van der Waals surface area contributed by atoms with Gasteiger partial charge in [0.1, 0.15) is 5.75 Å². The minimum absolute atomic E-state index is 0.225. The second kappa shape index (κ2) is 15.7. The van der Waals surface area contributed by atoms with Crippen molar-refractivity contribution >= 4 is 34.1 Å². The highest BCUT2D eigenvalue weighted by atomic mass is 16.5. The Morgan fingerprint density at radius 3 is 2.45 bits per heavy atom. The van der Waals surface area contributed by atoms with E-state index in [1.54, 1.807) is 19.4 Å². The number of nitrogens with zero attached hydrogens (tertiary/aromatic N) is 5. The molecule has 0 unspecified atom stereocenters. The van der Waals surface area contributed by atoms with Crippen LogP contribution in [0, 0.1) is 0 Å². The third-order valence-electron chi connectivity index (χ3n) is 5.79. The van der Waals surface area contributed by atoms with Gasteiger partial charge in [0, 0.05) is 62.1 Å². The van der Waals surface area contributed by atoms with E-state index in [9.17, 15) is 4.79 Å². The van der Waals surface area contributed by atoms with E-state index in [0.717, 1.165) is 41.5 Å². The minimum Gasteiger partial charge on any atom is -0.497 e. The number of hydrogen-bond donors (Lipinski definition) is 2. The summed E-state index contributed by atoms with van der Waals surface area (Å²) in [7, 11) is 9.69. The molecule has 9 nitrogen and oxygen atoms in total. The lowest BCUT2D eigenvalue weighted by molar-refractivity contribution is -0.111. The molecule has 2 aromatic heterocycles. The summed E-state index contributed by atoms with van der Waals surface area (Å²) in [5, 5.41) is 3.99. The lowest BCUT2D eigenvalue weighted by atomic mass is 10.1. The zero-order valence-corrected chi connectivity index (χ0v) is 24.4. The number of para-hydroxylation sites is 1. The van der Waals surface area contributed by atoms with Crippen LogP contribution in [0.15, 0.2) is 86.2 Å². The number of benzene rings is 2. The van der Waals surface area contributed by atoms with Gasteiger partial charge >= 0.3 is 0 Å². The molecule has 1 amide bonds. The molecule has 2 aromatic carbocycles. The average molecular weight is 544 g/mol. The van der Waals surface area contributed by atoms with Crippen molar-refractivity contribution in [2.24, 2.45) is 7.05 Å². The number of aryl methyl sites for hydroxylation is 1. The molecule has 0 aliphatic rings. The third-order valence-corrected chi connectivity index (χ3v) is 5.79. The van der Waals surface area contributed by atoms with E-state index in [0.29, 0.717) is 5.95 Å². The summed E-state index contributed by atoms with van der Waals surface area (Å²) >= 11 is 0. The first kappa shape index (κ1) is 31.6. The molecular formula is C31H41N7O2. The fourth-order valence-electron chi connectivity index (χ4n) is 3.78. The number of carbonyl (C=O) groups excluding carboxylic acids is 1. The number of amides is 1. The predicted molar refractivity (Wildman–Crippen MR) is 168 cm³/mol. The highest BCUT2D eigenvalue weighted by Gasteiger charge is 2.11. The highest BCUT2D eigenvalue weighted by molar-refractivity contribution is 6.01. The topological polar surface area (TPSA) is 102 Å². The molecule has 4 rings (SSSR count). The Morgan fingerprint density at radius 1 is 1.12 bits per heavy atom. The molecule has 4 aromatic rings. The van der Waals surface area contributed by atoms with Crippen LogP contribution in [0.2, 0.25) is 0 Å². The number of allylic oxidation sites excluding steroid dienone is 1. The molecule has 0 fully saturated rings. The van der Waals surface area contributed by atoms with Gasteiger partial charge in [-0.1, -0.05) is 30.9 Å². The first-order valence-corrected chi connectivity index (χ1v) is 12.8. The van der Waals surface area contributed by atoms with Crippen LogP contribution >= 0.6 is 0 Å². The van der Waals surface area contributed by atoms with Crippen molar-refractivity contribution < 1.29 is 9.53 Å². The summed E-state index contributed by atoms with van der Waals surface area (Å²) in [4.78, 5) is 23.9. The van der Waals surface area contributed by atoms with E-state index in [2.05, 4.69) is 61.1 Å². The Kier molecular flexibility index (Phi) is 12.4. The lowest BCUT2D eigenvalue weighted by Crippen LogP contribution is -2.29. The van der Waals surface area contributed by atoms with Gasteiger partial charge in [0.25, 0.3) is 0 Å². The normalized spacial score (nSPS) is 10.1. The maximum Gasteiger partial charge on any atom is 0.247 e. The number of nitrogens with one attached hydrogen (secondary N) is 1. The van der Waals surface area contributed by atoms with Crippen molar-refractivity contribution in [1.29, 1.82) is 0 Å². The maximum absolute atomic E-state index is 11.5. The fraction of sp³-hybridized carbons (Fsp3) is 0.258. The van der Waals surface area contributed by atoms with Gasteiger partial charge in [-0.15, -0.1) is 6.58 Å². The van der Waals surface area contributed by atoms with Gasteiger partial charge in [-0.05, 0) is 51.4 Å². The third kappa shape index (κ3) is 8.99. The second-order valence-electron chi connectivity index (χ2n) is 9.18. The number of methoxy groups -OCH3 is 1. The van der Waals surface area contributed by atoms with Crippen LogP contribution in [0.1, 0.15) is 6.92 Å². The summed E-state index contributed by atoms with van der Waals surface area (Å²) in [6.45, 7) is 10.5. The Balaban J connectivity index is 0.000000257. The number of hydrogen-bond acceptors (Lipinski definition) is 7. The molecule has 3 N–H and O–H groups in total. The van der Waals surface area contributed by atoms with Crippen molar-refractivity contribution in [2.45, 2.75) is 6.92 Å². The molecule has 2 heterocycles. The molecule has 0 bridgehead atoms. The van der Waals surface area contributed by atoms with Crippen LogP contribution in [-0.4, -0.2) is 66.7 Å². The van der Waals surface area contributed by atoms with Crippen LogP contribution in [0.25, 0.3) is 22.2 Å². The van der Waals surface area contributed by atoms with E-state index >= 15 is 0 Å². The lowest BCUT2D eigenvalue weighted by Gasteiger charge is -2.24. The Bertz CT molecular complexity index is 1410. The summed E-state index contributed by atoms with van der Waals surface area (Å²) in [5.74, 6) is 0.834. The van der Waals surface area contributed by atoms with E-state index in [1.165, 1.54) is 17.0 Å². The molecule has 40 heavy (non-hydrogen) atoms. The summed E-state index contributed by atoms with van der Waals surface area (Å²) in [5.41, 5.74) is 10.4. The smallest absolute Gasteiger partial charge is 0.247 e. The van der Waals surface area contributed by atoms with Crippen molar-refractivity contribution in [3.63, 3.8) is 0 Å². The standard InChI is InChI=1S/C15H23N3O2.C13H12N4.C3H6/c1-6-15(19)16-13-8-7-12(20-5)11-14(13)18(4)10-9-17(2)3;1-17-8-10(9-4-2-3-5-12(9)17)11-6-7-15-13(14)16-11;1-3-2/h6-8,11H,1,9-10H2,2-5H3,(H,16,19);2-8H,1H3,(H2,14,15,16);3H,1H2,2H3. The number of anilines is 3.